The van der Waals surface area contributed by atoms with Gasteiger partial charge in [0.1, 0.15) is 0 Å². The smallest absolute Gasteiger partial charge is 0.272 e. The summed E-state index contributed by atoms with van der Waals surface area (Å²) >= 11 is 0. The van der Waals surface area contributed by atoms with Crippen LogP contribution < -0.4 is 5.32 Å². The zero-order chi connectivity index (χ0) is 15.3. The maximum atomic E-state index is 11.4. The molecule has 0 aromatic heterocycles. The number of benzene rings is 1. The van der Waals surface area contributed by atoms with Crippen LogP contribution in [0.25, 0.3) is 0 Å². The van der Waals surface area contributed by atoms with Crippen LogP contribution in [0.15, 0.2) is 18.2 Å². The van der Waals surface area contributed by atoms with Crippen molar-refractivity contribution < 1.29 is 9.72 Å². The van der Waals surface area contributed by atoms with Gasteiger partial charge in [-0.15, -0.1) is 0 Å². The number of nitro benzene ring substituents is 1. The standard InChI is InChI=1S/C14H21N3O3/c1-10-5-6-12(9-13(10)17(19)20)11(2)15-8-7-14(18)16(3)4/h5-6,9,11,15H,7-8H2,1-4H3. The van der Waals surface area contributed by atoms with Gasteiger partial charge in [0, 0.05) is 44.7 Å². The molecule has 0 spiro atoms. The van der Waals surface area contributed by atoms with Crippen molar-refractivity contribution in [2.45, 2.75) is 26.3 Å². The number of carbonyl (C=O) groups is 1. The lowest BCUT2D eigenvalue weighted by Crippen LogP contribution is -2.28. The van der Waals surface area contributed by atoms with Gasteiger partial charge in [-0.2, -0.15) is 0 Å². The minimum Gasteiger partial charge on any atom is -0.349 e. The fraction of sp³-hybridized carbons (Fsp3) is 0.500. The van der Waals surface area contributed by atoms with Gasteiger partial charge in [0.2, 0.25) is 5.91 Å². The van der Waals surface area contributed by atoms with E-state index in [1.54, 1.807) is 38.1 Å². The Morgan fingerprint density at radius 3 is 2.65 bits per heavy atom. The highest BCUT2D eigenvalue weighted by molar-refractivity contribution is 5.75. The third-order valence-corrected chi connectivity index (χ3v) is 3.22. The zero-order valence-electron chi connectivity index (χ0n) is 12.3. The molecule has 0 heterocycles. The molecule has 1 atom stereocenters. The fourth-order valence-electron chi connectivity index (χ4n) is 1.83. The quantitative estimate of drug-likeness (QED) is 0.638. The number of hydrogen-bond donors (Lipinski definition) is 1. The van der Waals surface area contributed by atoms with Crippen LogP contribution in [0.3, 0.4) is 0 Å². The average molecular weight is 279 g/mol. The molecule has 0 aliphatic carbocycles. The van der Waals surface area contributed by atoms with E-state index < -0.39 is 0 Å². The Bertz CT molecular complexity index is 500. The molecular weight excluding hydrogens is 258 g/mol. The highest BCUT2D eigenvalue weighted by atomic mass is 16.6. The van der Waals surface area contributed by atoms with Crippen molar-refractivity contribution in [3.8, 4) is 0 Å². The maximum Gasteiger partial charge on any atom is 0.272 e. The van der Waals surface area contributed by atoms with E-state index in [0.717, 1.165) is 5.56 Å². The Kier molecular flexibility index (Phi) is 5.64. The van der Waals surface area contributed by atoms with Gasteiger partial charge in [0.15, 0.2) is 0 Å². The predicted molar refractivity (Wildman–Crippen MR) is 77.6 cm³/mol. The Labute approximate surface area is 118 Å². The van der Waals surface area contributed by atoms with Crippen molar-refractivity contribution in [2.75, 3.05) is 20.6 Å². The molecule has 110 valence electrons. The molecule has 20 heavy (non-hydrogen) atoms. The van der Waals surface area contributed by atoms with Crippen molar-refractivity contribution in [1.82, 2.24) is 10.2 Å². The first-order valence-electron chi connectivity index (χ1n) is 6.51. The molecule has 0 fully saturated rings. The average Bonchev–Trinajstić information content (AvgIpc) is 2.38. The first-order valence-corrected chi connectivity index (χ1v) is 6.51. The van der Waals surface area contributed by atoms with Gasteiger partial charge in [-0.1, -0.05) is 12.1 Å². The maximum absolute atomic E-state index is 11.4. The summed E-state index contributed by atoms with van der Waals surface area (Å²) in [6.45, 7) is 4.18. The van der Waals surface area contributed by atoms with Crippen LogP contribution in [0.1, 0.15) is 30.5 Å². The number of rotatable bonds is 6. The van der Waals surface area contributed by atoms with Crippen molar-refractivity contribution in [1.29, 1.82) is 0 Å². The SMILES string of the molecule is Cc1ccc(C(C)NCCC(=O)N(C)C)cc1[N+](=O)[O-]. The summed E-state index contributed by atoms with van der Waals surface area (Å²) in [7, 11) is 3.43. The summed E-state index contributed by atoms with van der Waals surface area (Å²) in [6.07, 6.45) is 0.408. The van der Waals surface area contributed by atoms with Gasteiger partial charge >= 0.3 is 0 Å². The number of nitro groups is 1. The van der Waals surface area contributed by atoms with Crippen molar-refractivity contribution in [2.24, 2.45) is 0 Å². The van der Waals surface area contributed by atoms with E-state index in [-0.39, 0.29) is 22.6 Å². The molecule has 0 radical (unpaired) electrons. The lowest BCUT2D eigenvalue weighted by molar-refractivity contribution is -0.385. The zero-order valence-corrected chi connectivity index (χ0v) is 12.3. The van der Waals surface area contributed by atoms with Gasteiger partial charge in [-0.05, 0) is 19.4 Å². The van der Waals surface area contributed by atoms with E-state index >= 15 is 0 Å². The third-order valence-electron chi connectivity index (χ3n) is 3.22. The van der Waals surface area contributed by atoms with Crippen LogP contribution in [-0.4, -0.2) is 36.4 Å². The Hall–Kier alpha value is -1.95. The van der Waals surface area contributed by atoms with Gasteiger partial charge in [0.25, 0.3) is 5.69 Å². The number of nitrogens with one attached hydrogen (secondary N) is 1. The minimum atomic E-state index is -0.374. The molecular formula is C14H21N3O3. The second-order valence-electron chi connectivity index (χ2n) is 5.02. The second-order valence-corrected chi connectivity index (χ2v) is 5.02. The number of carbonyl (C=O) groups excluding carboxylic acids is 1. The van der Waals surface area contributed by atoms with E-state index in [4.69, 9.17) is 0 Å². The van der Waals surface area contributed by atoms with Crippen LogP contribution in [0.4, 0.5) is 5.69 Å². The van der Waals surface area contributed by atoms with Crippen LogP contribution in [0.2, 0.25) is 0 Å². The predicted octanol–water partition coefficient (Wildman–Crippen LogP) is 2.03. The second kappa shape index (κ2) is 7.00. The van der Waals surface area contributed by atoms with Crippen molar-refractivity contribution in [3.63, 3.8) is 0 Å². The number of hydrogen-bond acceptors (Lipinski definition) is 4. The minimum absolute atomic E-state index is 0.0377. The molecule has 0 saturated carbocycles. The van der Waals surface area contributed by atoms with Crippen LogP contribution >= 0.6 is 0 Å². The van der Waals surface area contributed by atoms with Gasteiger partial charge in [-0.3, -0.25) is 14.9 Å². The number of amides is 1. The summed E-state index contributed by atoms with van der Waals surface area (Å²) in [6, 6.07) is 5.16. The van der Waals surface area contributed by atoms with E-state index in [1.807, 2.05) is 13.0 Å². The van der Waals surface area contributed by atoms with E-state index in [2.05, 4.69) is 5.32 Å². The summed E-state index contributed by atoms with van der Waals surface area (Å²) in [5, 5.41) is 14.1. The molecule has 1 aromatic carbocycles. The molecule has 6 nitrogen and oxygen atoms in total. The molecule has 0 bridgehead atoms. The van der Waals surface area contributed by atoms with E-state index in [9.17, 15) is 14.9 Å². The van der Waals surface area contributed by atoms with Gasteiger partial charge in [0.05, 0.1) is 4.92 Å². The Morgan fingerprint density at radius 2 is 2.10 bits per heavy atom. The third kappa shape index (κ3) is 4.31. The summed E-state index contributed by atoms with van der Waals surface area (Å²) in [5.74, 6) is 0.0552. The highest BCUT2D eigenvalue weighted by Gasteiger charge is 2.14. The fourth-order valence-corrected chi connectivity index (χ4v) is 1.83. The molecule has 0 saturated heterocycles. The molecule has 0 aliphatic rings. The molecule has 1 rings (SSSR count). The Balaban J connectivity index is 2.64. The first-order chi connectivity index (χ1) is 9.32. The van der Waals surface area contributed by atoms with E-state index in [1.165, 1.54) is 0 Å². The summed E-state index contributed by atoms with van der Waals surface area (Å²) < 4.78 is 0. The summed E-state index contributed by atoms with van der Waals surface area (Å²) in [4.78, 5) is 23.5. The monoisotopic (exact) mass is 279 g/mol. The first kappa shape index (κ1) is 16.1. The number of nitrogens with zero attached hydrogens (tertiary/aromatic N) is 2. The van der Waals surface area contributed by atoms with Crippen LogP contribution in [0.5, 0.6) is 0 Å². The van der Waals surface area contributed by atoms with Gasteiger partial charge < -0.3 is 10.2 Å². The van der Waals surface area contributed by atoms with Crippen molar-refractivity contribution >= 4 is 11.6 Å². The van der Waals surface area contributed by atoms with Crippen LogP contribution in [0, 0.1) is 17.0 Å². The topological polar surface area (TPSA) is 75.5 Å². The van der Waals surface area contributed by atoms with Crippen molar-refractivity contribution in [3.05, 3.63) is 39.4 Å². The lowest BCUT2D eigenvalue weighted by Gasteiger charge is -2.16. The largest absolute Gasteiger partial charge is 0.349 e. The highest BCUT2D eigenvalue weighted by Crippen LogP contribution is 2.23. The molecule has 1 amide bonds. The lowest BCUT2D eigenvalue weighted by atomic mass is 10.0. The molecule has 1 N–H and O–H groups in total. The molecule has 1 unspecified atom stereocenters. The van der Waals surface area contributed by atoms with E-state index in [0.29, 0.717) is 18.5 Å². The van der Waals surface area contributed by atoms with Crippen LogP contribution in [-0.2, 0) is 4.79 Å². The molecule has 1 aromatic rings. The Morgan fingerprint density at radius 1 is 1.45 bits per heavy atom. The van der Waals surface area contributed by atoms with Gasteiger partial charge in [-0.25, -0.2) is 0 Å². The number of aryl methyl sites for hydroxylation is 1. The molecule has 0 aliphatic heterocycles. The summed E-state index contributed by atoms with van der Waals surface area (Å²) in [5.41, 5.74) is 1.62. The molecule has 6 heteroatoms. The normalized spacial score (nSPS) is 12.0.